The van der Waals surface area contributed by atoms with E-state index in [0.29, 0.717) is 17.1 Å². The topological polar surface area (TPSA) is 87.9 Å². The molecule has 0 bridgehead atoms. The van der Waals surface area contributed by atoms with Crippen LogP contribution in [-0.2, 0) is 11.2 Å². The zero-order valence-corrected chi connectivity index (χ0v) is 19.8. The number of hydrogen-bond donors (Lipinski definition) is 1. The van der Waals surface area contributed by atoms with Crippen LogP contribution in [0.2, 0.25) is 0 Å². The predicted molar refractivity (Wildman–Crippen MR) is 129 cm³/mol. The molecule has 0 aliphatic heterocycles. The number of nitrogens with zero attached hydrogens (tertiary/aromatic N) is 3. The number of fused-ring (bicyclic) bond motifs is 1. The quantitative estimate of drug-likeness (QED) is 0.450. The summed E-state index contributed by atoms with van der Waals surface area (Å²) in [6.45, 7) is 5.48. The summed E-state index contributed by atoms with van der Waals surface area (Å²) in [5.74, 6) is 1.22. The SMILES string of the molecule is CC(=O)CSNC1CCc2c(-c3nnc(-c4ccc(OC(C)C)c(C#N)c4)s3)cccc21. The van der Waals surface area contributed by atoms with Gasteiger partial charge in [-0.2, -0.15) is 5.26 Å². The van der Waals surface area contributed by atoms with Crippen LogP contribution in [0.25, 0.3) is 21.1 Å². The third-order valence-corrected chi connectivity index (χ3v) is 7.14. The Morgan fingerprint density at radius 3 is 2.88 bits per heavy atom. The average Bonchev–Trinajstić information content (AvgIpc) is 3.41. The number of benzene rings is 2. The lowest BCUT2D eigenvalue weighted by atomic mass is 10.0. The molecule has 0 spiro atoms. The maximum Gasteiger partial charge on any atom is 0.148 e. The summed E-state index contributed by atoms with van der Waals surface area (Å²) in [5.41, 5.74) is 5.00. The molecule has 1 atom stereocenters. The highest BCUT2D eigenvalue weighted by Crippen LogP contribution is 2.40. The maximum absolute atomic E-state index is 11.2. The van der Waals surface area contributed by atoms with Gasteiger partial charge in [-0.05, 0) is 62.9 Å². The van der Waals surface area contributed by atoms with E-state index in [-0.39, 0.29) is 17.9 Å². The van der Waals surface area contributed by atoms with Crippen molar-refractivity contribution in [2.24, 2.45) is 0 Å². The Morgan fingerprint density at radius 1 is 1.31 bits per heavy atom. The standard InChI is InChI=1S/C24H24N4O2S2/c1-14(2)30-22-10-7-16(11-17(22)12-25)23-26-27-24(32-23)20-6-4-5-19-18(20)8-9-21(19)28-31-13-15(3)29/h4-7,10-11,14,21,28H,8-9,13H2,1-3H3. The Morgan fingerprint density at radius 2 is 2.12 bits per heavy atom. The number of hydrogen-bond acceptors (Lipinski definition) is 8. The van der Waals surface area contributed by atoms with E-state index in [0.717, 1.165) is 34.0 Å². The van der Waals surface area contributed by atoms with Gasteiger partial charge in [0, 0.05) is 17.2 Å². The number of Topliss-reactive ketones (excluding diaryl/α,β-unsaturated/α-hetero) is 1. The van der Waals surface area contributed by atoms with Crippen molar-refractivity contribution in [3.05, 3.63) is 53.1 Å². The van der Waals surface area contributed by atoms with Crippen LogP contribution in [0.5, 0.6) is 5.75 Å². The van der Waals surface area contributed by atoms with Crippen molar-refractivity contribution in [1.29, 1.82) is 5.26 Å². The van der Waals surface area contributed by atoms with Crippen LogP contribution in [0.15, 0.2) is 36.4 Å². The second-order valence-corrected chi connectivity index (χ2v) is 9.77. The van der Waals surface area contributed by atoms with Gasteiger partial charge in [0.1, 0.15) is 27.6 Å². The molecule has 32 heavy (non-hydrogen) atoms. The lowest BCUT2D eigenvalue weighted by Crippen LogP contribution is -2.13. The van der Waals surface area contributed by atoms with E-state index in [2.05, 4.69) is 39.2 Å². The summed E-state index contributed by atoms with van der Waals surface area (Å²) in [6.07, 6.45) is 1.95. The maximum atomic E-state index is 11.2. The van der Waals surface area contributed by atoms with Crippen LogP contribution in [0.4, 0.5) is 0 Å². The molecule has 0 radical (unpaired) electrons. The number of nitriles is 1. The molecule has 164 valence electrons. The average molecular weight is 465 g/mol. The highest BCUT2D eigenvalue weighted by Gasteiger charge is 2.26. The minimum atomic E-state index is 0.000402. The second-order valence-electron chi connectivity index (χ2n) is 7.97. The van der Waals surface area contributed by atoms with Gasteiger partial charge in [0.2, 0.25) is 0 Å². The number of ether oxygens (including phenoxy) is 1. The number of carbonyl (C=O) groups is 1. The van der Waals surface area contributed by atoms with Gasteiger partial charge < -0.3 is 4.74 Å². The molecule has 0 saturated carbocycles. The molecule has 1 aliphatic rings. The van der Waals surface area contributed by atoms with Crippen LogP contribution in [0.3, 0.4) is 0 Å². The van der Waals surface area contributed by atoms with E-state index >= 15 is 0 Å². The van der Waals surface area contributed by atoms with Crippen LogP contribution in [0.1, 0.15) is 49.9 Å². The molecule has 2 aromatic carbocycles. The molecule has 0 saturated heterocycles. The molecule has 0 amide bonds. The fourth-order valence-corrected chi connectivity index (χ4v) is 5.40. The lowest BCUT2D eigenvalue weighted by molar-refractivity contribution is -0.114. The molecular weight excluding hydrogens is 440 g/mol. The molecular formula is C24H24N4O2S2. The molecule has 1 N–H and O–H groups in total. The van der Waals surface area contributed by atoms with Gasteiger partial charge >= 0.3 is 0 Å². The van der Waals surface area contributed by atoms with Crippen LogP contribution in [-0.4, -0.2) is 27.8 Å². The first-order valence-corrected chi connectivity index (χ1v) is 12.3. The summed E-state index contributed by atoms with van der Waals surface area (Å²) in [7, 11) is 0. The smallest absolute Gasteiger partial charge is 0.148 e. The van der Waals surface area contributed by atoms with Gasteiger partial charge in [0.15, 0.2) is 0 Å². The minimum Gasteiger partial charge on any atom is -0.490 e. The van der Waals surface area contributed by atoms with Gasteiger partial charge in [0.05, 0.1) is 17.4 Å². The summed E-state index contributed by atoms with van der Waals surface area (Å²) in [4.78, 5) is 11.2. The zero-order valence-electron chi connectivity index (χ0n) is 18.2. The Kier molecular flexibility index (Phi) is 6.89. The van der Waals surface area contributed by atoms with Gasteiger partial charge in [-0.15, -0.1) is 10.2 Å². The first-order chi connectivity index (χ1) is 15.5. The number of carbonyl (C=O) groups excluding carboxylic acids is 1. The molecule has 8 heteroatoms. The Labute approximate surface area is 196 Å². The molecule has 1 heterocycles. The van der Waals surface area contributed by atoms with Crippen LogP contribution in [0, 0.1) is 11.3 Å². The normalized spacial score (nSPS) is 14.9. The monoisotopic (exact) mass is 464 g/mol. The Hall–Kier alpha value is -2.73. The van der Waals surface area contributed by atoms with Crippen molar-refractivity contribution in [1.82, 2.24) is 14.9 Å². The van der Waals surface area contributed by atoms with Crippen LogP contribution < -0.4 is 9.46 Å². The molecule has 1 aliphatic carbocycles. The molecule has 3 aromatic rings. The first-order valence-electron chi connectivity index (χ1n) is 10.5. The van der Waals surface area contributed by atoms with E-state index < -0.39 is 0 Å². The van der Waals surface area contributed by atoms with E-state index in [4.69, 9.17) is 4.74 Å². The van der Waals surface area contributed by atoms with E-state index in [1.807, 2.05) is 32.0 Å². The minimum absolute atomic E-state index is 0.000402. The zero-order chi connectivity index (χ0) is 22.7. The van der Waals surface area contributed by atoms with Crippen molar-refractivity contribution >= 4 is 29.1 Å². The predicted octanol–water partition coefficient (Wildman–Crippen LogP) is 5.35. The molecule has 6 nitrogen and oxygen atoms in total. The van der Waals surface area contributed by atoms with Crippen molar-refractivity contribution in [2.75, 3.05) is 5.75 Å². The van der Waals surface area contributed by atoms with Crippen molar-refractivity contribution in [2.45, 2.75) is 45.8 Å². The van der Waals surface area contributed by atoms with Crippen molar-refractivity contribution in [3.8, 4) is 33.0 Å². The number of rotatable bonds is 8. The van der Waals surface area contributed by atoms with Crippen molar-refractivity contribution < 1.29 is 9.53 Å². The van der Waals surface area contributed by atoms with Crippen molar-refractivity contribution in [3.63, 3.8) is 0 Å². The van der Waals surface area contributed by atoms with E-state index in [9.17, 15) is 10.1 Å². The highest BCUT2D eigenvalue weighted by molar-refractivity contribution is 7.98. The first kappa shape index (κ1) is 22.5. The van der Waals surface area contributed by atoms with Gasteiger partial charge in [-0.1, -0.05) is 41.5 Å². The van der Waals surface area contributed by atoms with Crippen LogP contribution >= 0.6 is 23.3 Å². The lowest BCUT2D eigenvalue weighted by Gasteiger charge is -2.13. The molecule has 1 aromatic heterocycles. The summed E-state index contributed by atoms with van der Waals surface area (Å²) < 4.78 is 9.15. The molecule has 1 unspecified atom stereocenters. The third-order valence-electron chi connectivity index (χ3n) is 5.14. The van der Waals surface area contributed by atoms with Gasteiger partial charge in [0.25, 0.3) is 0 Å². The van der Waals surface area contributed by atoms with Gasteiger partial charge in [-0.25, -0.2) is 0 Å². The largest absolute Gasteiger partial charge is 0.490 e. The fraction of sp³-hybridized carbons (Fsp3) is 0.333. The number of ketones is 1. The summed E-state index contributed by atoms with van der Waals surface area (Å²) in [6, 6.07) is 14.3. The molecule has 0 fully saturated rings. The van der Waals surface area contributed by atoms with Gasteiger partial charge in [-0.3, -0.25) is 9.52 Å². The highest BCUT2D eigenvalue weighted by atomic mass is 32.2. The fourth-order valence-electron chi connectivity index (χ4n) is 3.78. The Balaban J connectivity index is 1.58. The number of aromatic nitrogens is 2. The Bertz CT molecular complexity index is 1180. The second kappa shape index (κ2) is 9.82. The third kappa shape index (κ3) is 4.85. The summed E-state index contributed by atoms with van der Waals surface area (Å²) in [5, 5.41) is 20.0. The van der Waals surface area contributed by atoms with E-state index in [1.54, 1.807) is 6.92 Å². The number of nitrogens with one attached hydrogen (secondary N) is 1. The van der Waals surface area contributed by atoms with E-state index in [1.165, 1.54) is 34.4 Å². The summed E-state index contributed by atoms with van der Waals surface area (Å²) >= 11 is 3.00. The molecule has 4 rings (SSSR count).